The van der Waals surface area contributed by atoms with Crippen LogP contribution < -0.4 is 0 Å². The van der Waals surface area contributed by atoms with E-state index in [1.807, 2.05) is 18.2 Å². The summed E-state index contributed by atoms with van der Waals surface area (Å²) in [5.74, 6) is 0.726. The minimum Gasteiger partial charge on any atom is -0.370 e. The monoisotopic (exact) mass is 260 g/mol. The Morgan fingerprint density at radius 3 is 2.89 bits per heavy atom. The lowest BCUT2D eigenvalue weighted by atomic mass is 9.74. The summed E-state index contributed by atoms with van der Waals surface area (Å²) >= 11 is 0. The van der Waals surface area contributed by atoms with E-state index in [9.17, 15) is 4.79 Å². The van der Waals surface area contributed by atoms with Crippen LogP contribution in [0.25, 0.3) is 0 Å². The molecule has 1 aliphatic rings. The van der Waals surface area contributed by atoms with Crippen molar-refractivity contribution in [3.8, 4) is 0 Å². The Balaban J connectivity index is 2.29. The predicted molar refractivity (Wildman–Crippen MR) is 77.5 cm³/mol. The fourth-order valence-electron chi connectivity index (χ4n) is 3.18. The molecule has 2 unspecified atom stereocenters. The van der Waals surface area contributed by atoms with E-state index in [1.165, 1.54) is 12.0 Å². The molecule has 1 aromatic rings. The molecule has 104 valence electrons. The van der Waals surface area contributed by atoms with Crippen LogP contribution in [-0.4, -0.2) is 18.5 Å². The third-order valence-corrected chi connectivity index (χ3v) is 4.36. The number of ketones is 1. The van der Waals surface area contributed by atoms with Gasteiger partial charge in [0.1, 0.15) is 5.60 Å². The van der Waals surface area contributed by atoms with Gasteiger partial charge in [-0.2, -0.15) is 0 Å². The Kier molecular flexibility index (Phi) is 4.41. The highest BCUT2D eigenvalue weighted by Crippen LogP contribution is 2.37. The van der Waals surface area contributed by atoms with Gasteiger partial charge in [-0.15, -0.1) is 0 Å². The molecule has 2 heteroatoms. The van der Waals surface area contributed by atoms with Crippen LogP contribution in [0.4, 0.5) is 0 Å². The summed E-state index contributed by atoms with van der Waals surface area (Å²) in [6.07, 6.45) is 4.93. The maximum atomic E-state index is 12.8. The predicted octanol–water partition coefficient (Wildman–Crippen LogP) is 4.03. The molecule has 1 fully saturated rings. The van der Waals surface area contributed by atoms with Gasteiger partial charge in [-0.05, 0) is 43.2 Å². The topological polar surface area (TPSA) is 26.3 Å². The van der Waals surface area contributed by atoms with E-state index in [1.54, 1.807) is 7.11 Å². The van der Waals surface area contributed by atoms with Crippen molar-refractivity contribution in [3.05, 3.63) is 35.4 Å². The first-order valence-corrected chi connectivity index (χ1v) is 7.30. The van der Waals surface area contributed by atoms with Gasteiger partial charge in [0.25, 0.3) is 0 Å². The molecule has 0 saturated heterocycles. The zero-order valence-electron chi connectivity index (χ0n) is 12.2. The SMILES string of the molecule is CCc1cccc(C(=O)C2(OC)CCCC(C)C2)c1. The summed E-state index contributed by atoms with van der Waals surface area (Å²) in [7, 11) is 1.68. The first kappa shape index (κ1) is 14.3. The molecular weight excluding hydrogens is 236 g/mol. The summed E-state index contributed by atoms with van der Waals surface area (Å²) in [4.78, 5) is 12.8. The lowest BCUT2D eigenvalue weighted by Gasteiger charge is -2.37. The molecule has 0 N–H and O–H groups in total. The molecule has 0 aromatic heterocycles. The third-order valence-electron chi connectivity index (χ3n) is 4.36. The minimum absolute atomic E-state index is 0.164. The van der Waals surface area contributed by atoms with Gasteiger partial charge < -0.3 is 4.74 Å². The molecule has 0 radical (unpaired) electrons. The second-order valence-corrected chi connectivity index (χ2v) is 5.78. The van der Waals surface area contributed by atoms with Gasteiger partial charge in [-0.1, -0.05) is 38.5 Å². The molecule has 0 aliphatic heterocycles. The lowest BCUT2D eigenvalue weighted by Crippen LogP contribution is -2.44. The van der Waals surface area contributed by atoms with E-state index < -0.39 is 5.60 Å². The number of carbonyl (C=O) groups is 1. The van der Waals surface area contributed by atoms with Crippen molar-refractivity contribution in [2.75, 3.05) is 7.11 Å². The number of hydrogen-bond donors (Lipinski definition) is 0. The second kappa shape index (κ2) is 5.87. The van der Waals surface area contributed by atoms with Crippen LogP contribution >= 0.6 is 0 Å². The Morgan fingerprint density at radius 2 is 2.26 bits per heavy atom. The van der Waals surface area contributed by atoms with Crippen molar-refractivity contribution in [1.82, 2.24) is 0 Å². The summed E-state index contributed by atoms with van der Waals surface area (Å²) < 4.78 is 5.69. The fraction of sp³-hybridized carbons (Fsp3) is 0.588. The van der Waals surface area contributed by atoms with Crippen LogP contribution in [0.2, 0.25) is 0 Å². The molecule has 19 heavy (non-hydrogen) atoms. The Labute approximate surface area is 116 Å². The van der Waals surface area contributed by atoms with Crippen molar-refractivity contribution in [2.45, 2.75) is 51.6 Å². The van der Waals surface area contributed by atoms with Gasteiger partial charge >= 0.3 is 0 Å². The second-order valence-electron chi connectivity index (χ2n) is 5.78. The summed E-state index contributed by atoms with van der Waals surface area (Å²) in [5.41, 5.74) is 1.42. The highest BCUT2D eigenvalue weighted by molar-refractivity contribution is 6.02. The molecule has 2 rings (SSSR count). The molecule has 1 aliphatic carbocycles. The Morgan fingerprint density at radius 1 is 1.47 bits per heavy atom. The number of benzene rings is 1. The zero-order chi connectivity index (χ0) is 13.9. The zero-order valence-corrected chi connectivity index (χ0v) is 12.2. The molecule has 2 atom stereocenters. The number of hydrogen-bond acceptors (Lipinski definition) is 2. The smallest absolute Gasteiger partial charge is 0.194 e. The molecule has 1 saturated carbocycles. The van der Waals surface area contributed by atoms with E-state index in [-0.39, 0.29) is 5.78 Å². The van der Waals surface area contributed by atoms with Gasteiger partial charge in [0.2, 0.25) is 0 Å². The number of methoxy groups -OCH3 is 1. The van der Waals surface area contributed by atoms with Crippen molar-refractivity contribution in [3.63, 3.8) is 0 Å². The summed E-state index contributed by atoms with van der Waals surface area (Å²) in [6, 6.07) is 7.98. The lowest BCUT2D eigenvalue weighted by molar-refractivity contribution is -0.0302. The van der Waals surface area contributed by atoms with Gasteiger partial charge in [-0.25, -0.2) is 0 Å². The number of carbonyl (C=O) groups excluding carboxylic acids is 1. The van der Waals surface area contributed by atoms with Crippen molar-refractivity contribution in [1.29, 1.82) is 0 Å². The molecule has 1 aromatic carbocycles. The highest BCUT2D eigenvalue weighted by atomic mass is 16.5. The van der Waals surface area contributed by atoms with Crippen LogP contribution in [0.3, 0.4) is 0 Å². The standard InChI is InChI=1S/C17H24O2/c1-4-14-8-5-9-15(11-14)16(18)17(19-3)10-6-7-13(2)12-17/h5,8-9,11,13H,4,6-7,10,12H2,1-3H3. The van der Waals surface area contributed by atoms with Crippen molar-refractivity contribution < 1.29 is 9.53 Å². The molecule has 0 bridgehead atoms. The van der Waals surface area contributed by atoms with Crippen LogP contribution in [-0.2, 0) is 11.2 Å². The van der Waals surface area contributed by atoms with Crippen LogP contribution in [0.1, 0.15) is 55.5 Å². The van der Waals surface area contributed by atoms with Crippen molar-refractivity contribution >= 4 is 5.78 Å². The van der Waals surface area contributed by atoms with E-state index in [0.717, 1.165) is 31.2 Å². The maximum Gasteiger partial charge on any atom is 0.194 e. The number of Topliss-reactive ketones (excluding diaryl/α,β-unsaturated/α-hetero) is 1. The maximum absolute atomic E-state index is 12.8. The van der Waals surface area contributed by atoms with E-state index in [2.05, 4.69) is 19.9 Å². The number of aryl methyl sites for hydroxylation is 1. The summed E-state index contributed by atoms with van der Waals surface area (Å²) in [5, 5.41) is 0. The minimum atomic E-state index is -0.593. The molecule has 0 spiro atoms. The quantitative estimate of drug-likeness (QED) is 0.764. The molecule has 2 nitrogen and oxygen atoms in total. The van der Waals surface area contributed by atoms with Crippen molar-refractivity contribution in [2.24, 2.45) is 5.92 Å². The van der Waals surface area contributed by atoms with Gasteiger partial charge in [0.05, 0.1) is 0 Å². The average Bonchev–Trinajstić information content (AvgIpc) is 2.46. The normalized spacial score (nSPS) is 27.2. The Bertz CT molecular complexity index is 452. The van der Waals surface area contributed by atoms with Crippen LogP contribution in [0, 0.1) is 5.92 Å². The first-order chi connectivity index (χ1) is 9.11. The average molecular weight is 260 g/mol. The molecular formula is C17H24O2. The van der Waals surface area contributed by atoms with Crippen LogP contribution in [0.15, 0.2) is 24.3 Å². The highest BCUT2D eigenvalue weighted by Gasteiger charge is 2.42. The molecule has 0 heterocycles. The van der Waals surface area contributed by atoms with Gasteiger partial charge in [0, 0.05) is 12.7 Å². The third kappa shape index (κ3) is 2.89. The van der Waals surface area contributed by atoms with E-state index in [0.29, 0.717) is 5.92 Å². The van der Waals surface area contributed by atoms with E-state index >= 15 is 0 Å². The van der Waals surface area contributed by atoms with Gasteiger partial charge in [0.15, 0.2) is 5.78 Å². The fourth-order valence-corrected chi connectivity index (χ4v) is 3.18. The van der Waals surface area contributed by atoms with Crippen LogP contribution in [0.5, 0.6) is 0 Å². The largest absolute Gasteiger partial charge is 0.370 e. The molecule has 0 amide bonds. The number of rotatable bonds is 4. The number of ether oxygens (including phenoxy) is 1. The Hall–Kier alpha value is -1.15. The first-order valence-electron chi connectivity index (χ1n) is 7.30. The van der Waals surface area contributed by atoms with E-state index in [4.69, 9.17) is 4.74 Å². The summed E-state index contributed by atoms with van der Waals surface area (Å²) in [6.45, 7) is 4.32. The van der Waals surface area contributed by atoms with Gasteiger partial charge in [-0.3, -0.25) is 4.79 Å².